The lowest BCUT2D eigenvalue weighted by molar-refractivity contribution is -0.0102. The van der Waals surface area contributed by atoms with Gasteiger partial charge in [0.15, 0.2) is 0 Å². The molecule has 1 aliphatic heterocycles. The van der Waals surface area contributed by atoms with Gasteiger partial charge in [-0.15, -0.1) is 0 Å². The molecule has 0 bridgehead atoms. The second-order valence-corrected chi connectivity index (χ2v) is 10.7. The Morgan fingerprint density at radius 1 is 1.26 bits per heavy atom. The Balaban J connectivity index is 1.75. The molecule has 2 aromatic heterocycles. The number of aromatic nitrogens is 3. The van der Waals surface area contributed by atoms with E-state index in [0.29, 0.717) is 34.1 Å². The van der Waals surface area contributed by atoms with Crippen LogP contribution in [-0.4, -0.2) is 50.6 Å². The SMILES string of the molecule is Cc1c(-c2cn[nH]c2)cnc(N2CCCC(F)(F)CC2)c1C(=O)Nc1cccc([S@](C)(=N)=O)c1. The van der Waals surface area contributed by atoms with Crippen molar-refractivity contribution in [2.24, 2.45) is 0 Å². The van der Waals surface area contributed by atoms with Crippen molar-refractivity contribution in [1.82, 2.24) is 15.2 Å². The maximum absolute atomic E-state index is 14.0. The molecule has 0 radical (unpaired) electrons. The van der Waals surface area contributed by atoms with Crippen LogP contribution in [0.2, 0.25) is 0 Å². The summed E-state index contributed by atoms with van der Waals surface area (Å²) in [6, 6.07) is 6.33. The minimum Gasteiger partial charge on any atom is -0.356 e. The number of hydrogen-bond donors (Lipinski definition) is 3. The van der Waals surface area contributed by atoms with E-state index in [0.717, 1.165) is 5.56 Å². The van der Waals surface area contributed by atoms with Crippen molar-refractivity contribution in [2.75, 3.05) is 29.6 Å². The van der Waals surface area contributed by atoms with Gasteiger partial charge in [-0.1, -0.05) is 6.07 Å². The number of carbonyl (C=O) groups is 1. The predicted octanol–water partition coefficient (Wildman–Crippen LogP) is 4.69. The second-order valence-electron chi connectivity index (χ2n) is 8.50. The standard InChI is InChI=1S/C23H26F2N6O2S/c1-15-19(16-12-28-29-13-16)14-27-21(31-9-4-7-23(24,25)8-10-31)20(15)22(32)30-17-5-3-6-18(11-17)34(2,26)33/h3,5-6,11-14,26H,4,7-10H2,1-2H3,(H,28,29)(H,30,32)/t34-/m1/s1. The predicted molar refractivity (Wildman–Crippen MR) is 127 cm³/mol. The molecule has 1 saturated heterocycles. The number of anilines is 2. The molecule has 1 fully saturated rings. The van der Waals surface area contributed by atoms with E-state index >= 15 is 0 Å². The third-order valence-corrected chi connectivity index (χ3v) is 7.07. The number of nitrogens with one attached hydrogen (secondary N) is 3. The molecule has 0 unspecified atom stereocenters. The summed E-state index contributed by atoms with van der Waals surface area (Å²) < 4.78 is 47.9. The fourth-order valence-corrected chi connectivity index (χ4v) is 4.77. The lowest BCUT2D eigenvalue weighted by Gasteiger charge is -2.26. The van der Waals surface area contributed by atoms with Crippen molar-refractivity contribution in [3.63, 3.8) is 0 Å². The first-order valence-electron chi connectivity index (χ1n) is 10.8. The number of alkyl halides is 2. The van der Waals surface area contributed by atoms with Gasteiger partial charge in [0, 0.05) is 66.3 Å². The number of carbonyl (C=O) groups excluding carboxylic acids is 1. The van der Waals surface area contributed by atoms with E-state index in [2.05, 4.69) is 20.5 Å². The summed E-state index contributed by atoms with van der Waals surface area (Å²) in [7, 11) is -2.96. The Morgan fingerprint density at radius 3 is 2.76 bits per heavy atom. The van der Waals surface area contributed by atoms with E-state index in [1.807, 2.05) is 0 Å². The molecule has 0 aliphatic carbocycles. The Bertz CT molecular complexity index is 1310. The van der Waals surface area contributed by atoms with Crippen LogP contribution in [0.25, 0.3) is 11.1 Å². The number of benzene rings is 1. The molecule has 4 rings (SSSR count). The van der Waals surface area contributed by atoms with Crippen molar-refractivity contribution in [3.8, 4) is 11.1 Å². The summed E-state index contributed by atoms with van der Waals surface area (Å²) in [5.41, 5.74) is 2.73. The minimum atomic E-state index is -2.96. The lowest BCUT2D eigenvalue weighted by Crippen LogP contribution is -2.30. The van der Waals surface area contributed by atoms with E-state index in [4.69, 9.17) is 4.78 Å². The zero-order valence-electron chi connectivity index (χ0n) is 18.9. The fourth-order valence-electron chi connectivity index (χ4n) is 4.08. The normalized spacial score (nSPS) is 17.6. The molecule has 1 aliphatic rings. The number of pyridine rings is 1. The molecule has 1 atom stereocenters. The molecule has 3 N–H and O–H groups in total. The Kier molecular flexibility index (Phi) is 6.39. The molecular weight excluding hydrogens is 462 g/mol. The van der Waals surface area contributed by atoms with Gasteiger partial charge in [-0.2, -0.15) is 5.10 Å². The van der Waals surface area contributed by atoms with Crippen LogP contribution in [0.1, 0.15) is 35.2 Å². The maximum Gasteiger partial charge on any atom is 0.259 e. The topological polar surface area (TPSA) is 115 Å². The number of aromatic amines is 1. The highest BCUT2D eigenvalue weighted by Gasteiger charge is 2.33. The number of hydrogen-bond acceptors (Lipinski definition) is 6. The molecule has 0 saturated carbocycles. The van der Waals surface area contributed by atoms with Crippen molar-refractivity contribution in [3.05, 3.63) is 54.0 Å². The van der Waals surface area contributed by atoms with Crippen LogP contribution in [-0.2, 0) is 9.73 Å². The smallest absolute Gasteiger partial charge is 0.259 e. The van der Waals surface area contributed by atoms with Crippen LogP contribution in [0, 0.1) is 11.7 Å². The van der Waals surface area contributed by atoms with E-state index in [-0.39, 0.29) is 31.4 Å². The van der Waals surface area contributed by atoms with Crippen LogP contribution < -0.4 is 10.2 Å². The van der Waals surface area contributed by atoms with Gasteiger partial charge in [0.2, 0.25) is 5.92 Å². The second kappa shape index (κ2) is 9.13. The number of halogens is 2. The van der Waals surface area contributed by atoms with Crippen molar-refractivity contribution >= 4 is 27.1 Å². The monoisotopic (exact) mass is 488 g/mol. The zero-order valence-corrected chi connectivity index (χ0v) is 19.7. The number of rotatable bonds is 5. The Labute approximate surface area is 196 Å². The Morgan fingerprint density at radius 2 is 2.06 bits per heavy atom. The molecule has 11 heteroatoms. The third kappa shape index (κ3) is 5.09. The van der Waals surface area contributed by atoms with E-state index in [1.54, 1.807) is 48.6 Å². The summed E-state index contributed by atoms with van der Waals surface area (Å²) in [5.74, 6) is -2.87. The zero-order chi connectivity index (χ0) is 24.5. The van der Waals surface area contributed by atoms with Crippen LogP contribution in [0.4, 0.5) is 20.3 Å². The summed E-state index contributed by atoms with van der Waals surface area (Å²) in [6.07, 6.45) is 6.02. The highest BCUT2D eigenvalue weighted by atomic mass is 32.2. The van der Waals surface area contributed by atoms with Crippen molar-refractivity contribution in [1.29, 1.82) is 4.78 Å². The summed E-state index contributed by atoms with van der Waals surface area (Å²) in [4.78, 5) is 20.1. The Hall–Kier alpha value is -3.34. The molecule has 0 spiro atoms. The molecule has 8 nitrogen and oxygen atoms in total. The number of nitrogens with zero attached hydrogens (tertiary/aromatic N) is 3. The highest BCUT2D eigenvalue weighted by molar-refractivity contribution is 7.91. The van der Waals surface area contributed by atoms with Crippen LogP contribution in [0.5, 0.6) is 0 Å². The van der Waals surface area contributed by atoms with Crippen molar-refractivity contribution in [2.45, 2.75) is 37.0 Å². The molecular formula is C23H26F2N6O2S. The average Bonchev–Trinajstić information content (AvgIpc) is 3.23. The van der Waals surface area contributed by atoms with Gasteiger partial charge in [0.25, 0.3) is 5.91 Å². The van der Waals surface area contributed by atoms with Crippen molar-refractivity contribution < 1.29 is 17.8 Å². The average molecular weight is 489 g/mol. The number of H-pyrrole nitrogens is 1. The summed E-state index contributed by atoms with van der Waals surface area (Å²) in [6.45, 7) is 2.23. The molecule has 3 heterocycles. The first kappa shape index (κ1) is 23.8. The lowest BCUT2D eigenvalue weighted by atomic mass is 9.99. The van der Waals surface area contributed by atoms with Gasteiger partial charge in [-0.05, 0) is 37.1 Å². The summed E-state index contributed by atoms with van der Waals surface area (Å²) >= 11 is 0. The van der Waals surface area contributed by atoms with E-state index < -0.39 is 21.6 Å². The van der Waals surface area contributed by atoms with Crippen LogP contribution in [0.15, 0.2) is 47.8 Å². The fraction of sp³-hybridized carbons (Fsp3) is 0.348. The quantitative estimate of drug-likeness (QED) is 0.482. The van der Waals surface area contributed by atoms with E-state index in [9.17, 15) is 17.8 Å². The minimum absolute atomic E-state index is 0.0804. The van der Waals surface area contributed by atoms with Gasteiger partial charge in [-0.3, -0.25) is 9.89 Å². The van der Waals surface area contributed by atoms with E-state index in [1.165, 1.54) is 12.3 Å². The van der Waals surface area contributed by atoms with Crippen LogP contribution >= 0.6 is 0 Å². The summed E-state index contributed by atoms with van der Waals surface area (Å²) in [5, 5.41) is 9.51. The highest BCUT2D eigenvalue weighted by Crippen LogP contribution is 2.34. The molecule has 3 aromatic rings. The first-order valence-corrected chi connectivity index (χ1v) is 12.8. The molecule has 1 amide bonds. The number of amides is 1. The van der Waals surface area contributed by atoms with Gasteiger partial charge < -0.3 is 10.2 Å². The van der Waals surface area contributed by atoms with Crippen LogP contribution in [0.3, 0.4) is 0 Å². The first-order chi connectivity index (χ1) is 16.0. The largest absolute Gasteiger partial charge is 0.356 e. The van der Waals surface area contributed by atoms with Gasteiger partial charge >= 0.3 is 0 Å². The molecule has 34 heavy (non-hydrogen) atoms. The van der Waals surface area contributed by atoms with Gasteiger partial charge in [-0.25, -0.2) is 22.8 Å². The van der Waals surface area contributed by atoms with Gasteiger partial charge in [0.05, 0.1) is 21.5 Å². The molecule has 180 valence electrons. The maximum atomic E-state index is 14.0. The van der Waals surface area contributed by atoms with Gasteiger partial charge in [0.1, 0.15) is 5.82 Å². The third-order valence-electron chi connectivity index (χ3n) is 5.91. The molecule has 1 aromatic carbocycles.